The van der Waals surface area contributed by atoms with Gasteiger partial charge in [0.25, 0.3) is 0 Å². The number of aromatic nitrogens is 4. The SMILES string of the molecule is CC(C)c1cc(-c2ccc3ccccc3c2)cc(C(C)C)c1-n1c(-c2[c-]c3c(nc2)oc2ccccc23)nc2ccccc21.[2H]C([2H])([2H])c1cc(-c2[c-]cc(F)c(-c3ccccc3)c2)nc[c]1[Ge]([CH3])([CH3])[CH3].[Ir]. The van der Waals surface area contributed by atoms with Crippen LogP contribution in [0, 0.1) is 24.8 Å². The second kappa shape index (κ2) is 19.5. The fourth-order valence-electron chi connectivity index (χ4n) is 9.10. The standard InChI is InChI=1S/C40H32N3O.C21H21FGeN.Ir/c1-24(2)32-20-29(28-18-17-26-11-5-6-12-27(26)19-28)21-33(25(3)4)38(32)43-36-15-9-8-14-35(36)42-39(43)30-22-34-31-13-7-10-16-37(31)44-40(34)41-23-30;1-15-12-21(24-14-20(15)23(2,3)4)17-10-11-19(22)18(13-17)16-8-6-5-7-9-16;/h5-21,23-25H,1-4H3;5-9,11-14H,1-4H3;/q2*-1;/i;1D3;. The zero-order chi connectivity index (χ0) is 49.8. The minimum Gasteiger partial charge on any atom is 0 e. The molecular weight excluding hydrogens is 1090 g/mol. The first-order valence-corrected chi connectivity index (χ1v) is 30.5. The van der Waals surface area contributed by atoms with E-state index in [1.165, 1.54) is 44.8 Å². The molecule has 69 heavy (non-hydrogen) atoms. The Kier molecular flexibility index (Phi) is 12.3. The molecule has 0 aliphatic rings. The predicted octanol–water partition coefficient (Wildman–Crippen LogP) is 16.1. The Morgan fingerprint density at radius 3 is 2.12 bits per heavy atom. The largest absolute Gasteiger partial charge is 0 e. The molecule has 1 radical (unpaired) electrons. The van der Waals surface area contributed by atoms with Crippen LogP contribution < -0.4 is 4.40 Å². The number of furan rings is 1. The summed E-state index contributed by atoms with van der Waals surface area (Å²) in [4.78, 5) is 14.4. The monoisotopic (exact) mass is 1150 g/mol. The van der Waals surface area contributed by atoms with Crippen molar-refractivity contribution in [3.63, 3.8) is 0 Å². The summed E-state index contributed by atoms with van der Waals surface area (Å²) in [5.74, 6) is 7.44. The Balaban J connectivity index is 0.000000197. The summed E-state index contributed by atoms with van der Waals surface area (Å²) in [6, 6.07) is 56.9. The number of hydrogen-bond acceptors (Lipinski definition) is 4. The molecule has 11 aromatic rings. The summed E-state index contributed by atoms with van der Waals surface area (Å²) in [5, 5.41) is 4.38. The number of halogens is 1. The fourth-order valence-corrected chi connectivity index (χ4v) is 11.9. The predicted molar refractivity (Wildman–Crippen MR) is 283 cm³/mol. The third-order valence-corrected chi connectivity index (χ3v) is 16.9. The van der Waals surface area contributed by atoms with Gasteiger partial charge in [0.2, 0.25) is 0 Å². The molecule has 0 bridgehead atoms. The Morgan fingerprint density at radius 1 is 0.681 bits per heavy atom. The normalized spacial score (nSPS) is 12.5. The average molecular weight is 1140 g/mol. The van der Waals surface area contributed by atoms with Crippen molar-refractivity contribution in [1.82, 2.24) is 19.5 Å². The number of aryl methyl sites for hydroxylation is 1. The van der Waals surface area contributed by atoms with E-state index < -0.39 is 20.1 Å². The van der Waals surface area contributed by atoms with E-state index in [0.29, 0.717) is 28.1 Å². The van der Waals surface area contributed by atoms with E-state index in [-0.39, 0.29) is 37.8 Å². The number of para-hydroxylation sites is 3. The van der Waals surface area contributed by atoms with Gasteiger partial charge in [-0.3, -0.25) is 9.97 Å². The summed E-state index contributed by atoms with van der Waals surface area (Å²) in [6.45, 7) is 6.91. The van der Waals surface area contributed by atoms with Gasteiger partial charge in [-0.2, -0.15) is 0 Å². The first-order chi connectivity index (χ1) is 34.0. The fraction of sp³-hybridized carbons (Fsp3) is 0.164. The summed E-state index contributed by atoms with van der Waals surface area (Å²) in [7, 11) is 0. The number of pyridine rings is 2. The third-order valence-electron chi connectivity index (χ3n) is 12.6. The van der Waals surface area contributed by atoms with Gasteiger partial charge in [-0.25, -0.2) is 0 Å². The number of rotatable bonds is 8. The van der Waals surface area contributed by atoms with E-state index in [1.807, 2.05) is 60.8 Å². The Morgan fingerprint density at radius 2 is 1.38 bits per heavy atom. The summed E-state index contributed by atoms with van der Waals surface area (Å²) < 4.78 is 47.3. The van der Waals surface area contributed by atoms with Crippen molar-refractivity contribution in [2.75, 3.05) is 0 Å². The van der Waals surface area contributed by atoms with Gasteiger partial charge in [0.15, 0.2) is 5.71 Å². The zero-order valence-corrected chi connectivity index (χ0v) is 44.1. The third kappa shape index (κ3) is 9.36. The van der Waals surface area contributed by atoms with Crippen LogP contribution in [-0.4, -0.2) is 32.8 Å². The van der Waals surface area contributed by atoms with Gasteiger partial charge in [0.05, 0.1) is 22.4 Å². The maximum atomic E-state index is 14.3. The van der Waals surface area contributed by atoms with Gasteiger partial charge in [-0.05, 0) is 92.8 Å². The Hall–Kier alpha value is -6.51. The molecule has 0 aliphatic heterocycles. The number of benzene rings is 7. The van der Waals surface area contributed by atoms with Crippen LogP contribution in [0.3, 0.4) is 0 Å². The van der Waals surface area contributed by atoms with Gasteiger partial charge in [-0.15, -0.1) is 6.07 Å². The van der Waals surface area contributed by atoms with Crippen LogP contribution in [0.25, 0.3) is 94.5 Å². The second-order valence-corrected chi connectivity index (χ2v) is 29.6. The molecule has 0 N–H and O–H groups in total. The van der Waals surface area contributed by atoms with Crippen LogP contribution in [0.2, 0.25) is 17.3 Å². The van der Waals surface area contributed by atoms with Crippen molar-refractivity contribution in [2.45, 2.75) is 63.7 Å². The van der Waals surface area contributed by atoms with Gasteiger partial charge in [0.1, 0.15) is 0 Å². The average Bonchev–Trinajstić information content (AvgIpc) is 3.94. The molecule has 0 saturated heterocycles. The van der Waals surface area contributed by atoms with Crippen molar-refractivity contribution in [3.05, 3.63) is 199 Å². The molecule has 5 nitrogen and oxygen atoms in total. The van der Waals surface area contributed by atoms with Crippen molar-refractivity contribution in [3.8, 4) is 50.6 Å². The minimum absolute atomic E-state index is 0. The molecule has 0 unspecified atom stereocenters. The molecule has 0 fully saturated rings. The first-order valence-electron chi connectivity index (χ1n) is 24.7. The van der Waals surface area contributed by atoms with Crippen LogP contribution in [0.1, 0.15) is 60.3 Å². The molecule has 11 rings (SSSR count). The summed E-state index contributed by atoms with van der Waals surface area (Å²) >= 11 is -2.41. The maximum absolute atomic E-state index is 14.3. The number of fused-ring (bicyclic) bond motifs is 5. The van der Waals surface area contributed by atoms with Crippen molar-refractivity contribution < 1.29 is 33.0 Å². The van der Waals surface area contributed by atoms with Crippen molar-refractivity contribution in [2.24, 2.45) is 0 Å². The molecule has 7 aromatic carbocycles. The number of imidazole rings is 1. The van der Waals surface area contributed by atoms with Crippen LogP contribution in [-0.2, 0) is 20.1 Å². The minimum atomic E-state index is -2.41. The van der Waals surface area contributed by atoms with Gasteiger partial charge < -0.3 is 8.98 Å². The quantitative estimate of drug-likeness (QED) is 0.112. The number of nitrogens with zero attached hydrogens (tertiary/aromatic N) is 4. The molecule has 0 atom stereocenters. The van der Waals surface area contributed by atoms with E-state index in [4.69, 9.17) is 18.5 Å². The smallest absolute Gasteiger partial charge is 0 e. The van der Waals surface area contributed by atoms with Gasteiger partial charge in [-0.1, -0.05) is 105 Å². The van der Waals surface area contributed by atoms with E-state index in [1.54, 1.807) is 18.3 Å². The van der Waals surface area contributed by atoms with Crippen LogP contribution >= 0.6 is 0 Å². The first kappa shape index (κ1) is 43.8. The van der Waals surface area contributed by atoms with Crippen molar-refractivity contribution >= 4 is 61.5 Å². The van der Waals surface area contributed by atoms with Crippen LogP contribution in [0.15, 0.2) is 168 Å². The van der Waals surface area contributed by atoms with E-state index in [2.05, 4.69) is 146 Å². The molecule has 345 valence electrons. The van der Waals surface area contributed by atoms with Crippen LogP contribution in [0.5, 0.6) is 0 Å². The molecule has 0 aliphatic carbocycles. The number of hydrogen-bond donors (Lipinski definition) is 0. The molecular formula is C61H53FGeIrN4O-2. The second-order valence-electron chi connectivity index (χ2n) is 19.0. The Bertz CT molecular complexity index is 3760. The summed E-state index contributed by atoms with van der Waals surface area (Å²) in [5.41, 5.74) is 13.1. The molecule has 0 spiro atoms. The maximum Gasteiger partial charge on any atom is 0 e. The van der Waals surface area contributed by atoms with E-state index >= 15 is 0 Å². The molecule has 4 heterocycles. The zero-order valence-electron chi connectivity index (χ0n) is 42.7. The summed E-state index contributed by atoms with van der Waals surface area (Å²) in [6.07, 6.45) is 3.53. The van der Waals surface area contributed by atoms with E-state index in [9.17, 15) is 4.39 Å². The van der Waals surface area contributed by atoms with Gasteiger partial charge in [0, 0.05) is 25.8 Å². The molecule has 8 heteroatoms. The van der Waals surface area contributed by atoms with Crippen molar-refractivity contribution in [1.29, 1.82) is 0 Å². The van der Waals surface area contributed by atoms with Crippen LogP contribution in [0.4, 0.5) is 4.39 Å². The molecule has 0 amide bonds. The molecule has 4 aromatic heterocycles. The van der Waals surface area contributed by atoms with E-state index in [0.717, 1.165) is 48.7 Å². The Labute approximate surface area is 424 Å². The molecule has 0 saturated carbocycles. The van der Waals surface area contributed by atoms with Gasteiger partial charge >= 0.3 is 150 Å². The topological polar surface area (TPSA) is 56.7 Å².